The lowest BCUT2D eigenvalue weighted by Gasteiger charge is -2.14. The number of hydrogen-bond acceptors (Lipinski definition) is 2. The van der Waals surface area contributed by atoms with Gasteiger partial charge >= 0.3 is 0 Å². The van der Waals surface area contributed by atoms with E-state index in [0.717, 1.165) is 29.2 Å². The van der Waals surface area contributed by atoms with Gasteiger partial charge in [-0.25, -0.2) is 0 Å². The SMILES string of the molecule is C/C=C(\C=C/CC)n1c2ccccc2c2cc(Nc3ccccc3Nc3ccccc3)ccc21. The minimum atomic E-state index is 1.01. The van der Waals surface area contributed by atoms with Crippen molar-refractivity contribution in [2.45, 2.75) is 20.3 Å². The molecule has 5 aromatic rings. The topological polar surface area (TPSA) is 29.0 Å². The Hall–Kier alpha value is -4.24. The molecule has 0 aliphatic carbocycles. The van der Waals surface area contributed by atoms with Crippen molar-refractivity contribution in [3.63, 3.8) is 0 Å². The zero-order valence-corrected chi connectivity index (χ0v) is 19.6. The van der Waals surface area contributed by atoms with Gasteiger partial charge in [0.2, 0.25) is 0 Å². The molecular weight excluding hydrogens is 414 g/mol. The van der Waals surface area contributed by atoms with Crippen LogP contribution in [0.2, 0.25) is 0 Å². The van der Waals surface area contributed by atoms with Crippen molar-refractivity contribution in [3.8, 4) is 0 Å². The molecule has 5 rings (SSSR count). The molecule has 0 atom stereocenters. The van der Waals surface area contributed by atoms with E-state index in [1.807, 2.05) is 18.2 Å². The largest absolute Gasteiger partial charge is 0.354 e. The van der Waals surface area contributed by atoms with Crippen molar-refractivity contribution in [1.29, 1.82) is 0 Å². The summed E-state index contributed by atoms with van der Waals surface area (Å²) in [5.74, 6) is 0. The summed E-state index contributed by atoms with van der Waals surface area (Å²) in [5, 5.41) is 9.65. The van der Waals surface area contributed by atoms with Gasteiger partial charge in [0.05, 0.1) is 22.4 Å². The van der Waals surface area contributed by atoms with Crippen LogP contribution in [0, 0.1) is 0 Å². The highest BCUT2D eigenvalue weighted by molar-refractivity contribution is 6.11. The molecule has 0 saturated heterocycles. The molecule has 3 heteroatoms. The van der Waals surface area contributed by atoms with Crippen molar-refractivity contribution in [2.24, 2.45) is 0 Å². The first kappa shape index (κ1) is 21.6. The monoisotopic (exact) mass is 443 g/mol. The first-order valence-electron chi connectivity index (χ1n) is 11.8. The Morgan fingerprint density at radius 1 is 0.706 bits per heavy atom. The third-order valence-corrected chi connectivity index (χ3v) is 6.01. The van der Waals surface area contributed by atoms with E-state index in [-0.39, 0.29) is 0 Å². The molecule has 0 aliphatic rings. The summed E-state index contributed by atoms with van der Waals surface area (Å²) in [6.07, 6.45) is 7.61. The van der Waals surface area contributed by atoms with Crippen LogP contribution in [-0.4, -0.2) is 4.57 Å². The number of hydrogen-bond donors (Lipinski definition) is 2. The molecule has 0 amide bonds. The highest BCUT2D eigenvalue weighted by Crippen LogP contribution is 2.35. The van der Waals surface area contributed by atoms with E-state index in [0.29, 0.717) is 0 Å². The molecule has 1 aromatic heterocycles. The molecule has 0 bridgehead atoms. The average molecular weight is 444 g/mol. The van der Waals surface area contributed by atoms with E-state index in [2.05, 4.69) is 126 Å². The lowest BCUT2D eigenvalue weighted by atomic mass is 10.1. The maximum Gasteiger partial charge on any atom is 0.0623 e. The normalized spacial score (nSPS) is 12.0. The fourth-order valence-electron chi connectivity index (χ4n) is 4.40. The smallest absolute Gasteiger partial charge is 0.0623 e. The van der Waals surface area contributed by atoms with Gasteiger partial charge in [-0.1, -0.05) is 67.6 Å². The van der Waals surface area contributed by atoms with Crippen LogP contribution < -0.4 is 10.6 Å². The molecule has 0 fully saturated rings. The van der Waals surface area contributed by atoms with Crippen LogP contribution in [0.4, 0.5) is 22.7 Å². The summed E-state index contributed by atoms with van der Waals surface area (Å²) < 4.78 is 2.35. The number of anilines is 4. The summed E-state index contributed by atoms with van der Waals surface area (Å²) in [4.78, 5) is 0. The van der Waals surface area contributed by atoms with Crippen LogP contribution in [0.3, 0.4) is 0 Å². The molecule has 1 heterocycles. The fraction of sp³-hybridized carbons (Fsp3) is 0.0968. The number of nitrogens with one attached hydrogen (secondary N) is 2. The Balaban J connectivity index is 1.57. The van der Waals surface area contributed by atoms with E-state index in [9.17, 15) is 0 Å². The van der Waals surface area contributed by atoms with Gasteiger partial charge in [-0.2, -0.15) is 0 Å². The van der Waals surface area contributed by atoms with Crippen LogP contribution in [0.15, 0.2) is 115 Å². The van der Waals surface area contributed by atoms with Gasteiger partial charge in [0.15, 0.2) is 0 Å². The number of nitrogens with zero attached hydrogens (tertiary/aromatic N) is 1. The van der Waals surface area contributed by atoms with E-state index < -0.39 is 0 Å². The molecule has 0 saturated carbocycles. The maximum absolute atomic E-state index is 3.64. The minimum Gasteiger partial charge on any atom is -0.354 e. The number of para-hydroxylation sites is 4. The zero-order chi connectivity index (χ0) is 23.3. The Bertz CT molecular complexity index is 1490. The second kappa shape index (κ2) is 9.72. The van der Waals surface area contributed by atoms with Gasteiger partial charge in [0, 0.05) is 27.8 Å². The van der Waals surface area contributed by atoms with Crippen molar-refractivity contribution in [1.82, 2.24) is 4.57 Å². The molecular formula is C31H29N3. The quantitative estimate of drug-likeness (QED) is 0.246. The Morgan fingerprint density at radius 3 is 2.09 bits per heavy atom. The first-order chi connectivity index (χ1) is 16.8. The predicted octanol–water partition coefficient (Wildman–Crippen LogP) is 9.11. The van der Waals surface area contributed by atoms with E-state index in [1.54, 1.807) is 0 Å². The second-order valence-corrected chi connectivity index (χ2v) is 8.27. The molecule has 2 N–H and O–H groups in total. The molecule has 0 unspecified atom stereocenters. The number of aromatic nitrogens is 1. The molecule has 0 aliphatic heterocycles. The highest BCUT2D eigenvalue weighted by atomic mass is 15.0. The third-order valence-electron chi connectivity index (χ3n) is 6.01. The lowest BCUT2D eigenvalue weighted by molar-refractivity contribution is 1.19. The lowest BCUT2D eigenvalue weighted by Crippen LogP contribution is -1.97. The van der Waals surface area contributed by atoms with Crippen LogP contribution >= 0.6 is 0 Å². The van der Waals surface area contributed by atoms with Gasteiger partial charge in [-0.15, -0.1) is 0 Å². The number of benzene rings is 4. The van der Waals surface area contributed by atoms with Gasteiger partial charge in [0.25, 0.3) is 0 Å². The van der Waals surface area contributed by atoms with Gasteiger partial charge in [-0.05, 0) is 68.0 Å². The third kappa shape index (κ3) is 4.20. The zero-order valence-electron chi connectivity index (χ0n) is 19.6. The van der Waals surface area contributed by atoms with Crippen LogP contribution in [0.5, 0.6) is 0 Å². The number of rotatable bonds is 7. The highest BCUT2D eigenvalue weighted by Gasteiger charge is 2.13. The molecule has 0 spiro atoms. The van der Waals surface area contributed by atoms with Gasteiger partial charge in [0.1, 0.15) is 0 Å². The van der Waals surface area contributed by atoms with E-state index in [4.69, 9.17) is 0 Å². The van der Waals surface area contributed by atoms with E-state index >= 15 is 0 Å². The summed E-state index contributed by atoms with van der Waals surface area (Å²) >= 11 is 0. The Morgan fingerprint density at radius 2 is 1.35 bits per heavy atom. The van der Waals surface area contributed by atoms with Crippen molar-refractivity contribution in [2.75, 3.05) is 10.6 Å². The maximum atomic E-state index is 3.64. The summed E-state index contributed by atoms with van der Waals surface area (Å²) in [6.45, 7) is 4.26. The fourth-order valence-corrected chi connectivity index (χ4v) is 4.40. The van der Waals surface area contributed by atoms with Crippen molar-refractivity contribution < 1.29 is 0 Å². The van der Waals surface area contributed by atoms with Crippen molar-refractivity contribution >= 4 is 50.3 Å². The predicted molar refractivity (Wildman–Crippen MR) is 148 cm³/mol. The summed E-state index contributed by atoms with van der Waals surface area (Å²) in [7, 11) is 0. The van der Waals surface area contributed by atoms with Crippen LogP contribution in [0.1, 0.15) is 20.3 Å². The first-order valence-corrected chi connectivity index (χ1v) is 11.8. The molecule has 3 nitrogen and oxygen atoms in total. The molecule has 4 aromatic carbocycles. The van der Waals surface area contributed by atoms with Gasteiger partial charge < -0.3 is 15.2 Å². The Kier molecular flexibility index (Phi) is 6.17. The standard InChI is InChI=1S/C31H29N3/c1-3-5-15-25(4-2)34-30-19-12-9-16-26(30)27-22-24(20-21-31(27)34)33-29-18-11-10-17-28(29)32-23-13-7-6-8-14-23/h4-22,32-33H,3H2,1-2H3/b15-5-,25-4+. The summed E-state index contributed by atoms with van der Waals surface area (Å²) in [5.41, 5.74) is 7.81. The van der Waals surface area contributed by atoms with Crippen LogP contribution in [-0.2, 0) is 0 Å². The minimum absolute atomic E-state index is 1.01. The molecule has 34 heavy (non-hydrogen) atoms. The van der Waals surface area contributed by atoms with E-state index in [1.165, 1.54) is 27.5 Å². The Labute approximate surface area is 201 Å². The van der Waals surface area contributed by atoms with Gasteiger partial charge in [-0.3, -0.25) is 0 Å². The van der Waals surface area contributed by atoms with Crippen LogP contribution in [0.25, 0.3) is 27.5 Å². The molecule has 0 radical (unpaired) electrons. The number of fused-ring (bicyclic) bond motifs is 3. The summed E-state index contributed by atoms with van der Waals surface area (Å²) in [6, 6.07) is 33.8. The average Bonchev–Trinajstić information content (AvgIpc) is 3.20. The number of allylic oxidation sites excluding steroid dienone is 4. The second-order valence-electron chi connectivity index (χ2n) is 8.27. The van der Waals surface area contributed by atoms with Crippen molar-refractivity contribution in [3.05, 3.63) is 115 Å². The molecule has 168 valence electrons.